The number of rotatable bonds is 4. The molecule has 0 amide bonds. The molecule has 5 heteroatoms. The van der Waals surface area contributed by atoms with E-state index in [9.17, 15) is 0 Å². The van der Waals surface area contributed by atoms with Crippen LogP contribution in [0.25, 0.3) is 0 Å². The second-order valence-electron chi connectivity index (χ2n) is 5.62. The van der Waals surface area contributed by atoms with E-state index < -0.39 is 0 Å². The molecule has 3 N–H and O–H groups in total. The van der Waals surface area contributed by atoms with E-state index in [1.807, 2.05) is 19.9 Å². The predicted octanol–water partition coefficient (Wildman–Crippen LogP) is 1.85. The molecule has 1 fully saturated rings. The van der Waals surface area contributed by atoms with E-state index in [0.717, 1.165) is 48.8 Å². The lowest BCUT2D eigenvalue weighted by molar-refractivity contribution is 0.0576. The molecule has 1 saturated heterocycles. The number of aryl methyl sites for hydroxylation is 2. The molecule has 2 heterocycles. The summed E-state index contributed by atoms with van der Waals surface area (Å²) in [5, 5.41) is 7.79. The van der Waals surface area contributed by atoms with E-state index in [4.69, 9.17) is 15.9 Å². The monoisotopic (exact) mass is 276 g/mol. The first-order valence-electron chi connectivity index (χ1n) is 7.10. The molecule has 110 valence electrons. The second-order valence-corrected chi connectivity index (χ2v) is 5.62. The van der Waals surface area contributed by atoms with Crippen LogP contribution < -0.4 is 10.6 Å². The summed E-state index contributed by atoms with van der Waals surface area (Å²) >= 11 is 0. The van der Waals surface area contributed by atoms with Crippen molar-refractivity contribution < 1.29 is 4.74 Å². The molecule has 0 aromatic carbocycles. The number of nitrogens with zero attached hydrogens (tertiary/aromatic N) is 2. The lowest BCUT2D eigenvalue weighted by atomic mass is 10.0. The molecule has 20 heavy (non-hydrogen) atoms. The minimum absolute atomic E-state index is 0.0803. The highest BCUT2D eigenvalue weighted by Gasteiger charge is 2.19. The Morgan fingerprint density at radius 2 is 2.30 bits per heavy atom. The average Bonchev–Trinajstić information content (AvgIpc) is 2.38. The summed E-state index contributed by atoms with van der Waals surface area (Å²) in [4.78, 5) is 6.59. The zero-order chi connectivity index (χ0) is 14.7. The van der Waals surface area contributed by atoms with Gasteiger partial charge in [0.1, 0.15) is 5.84 Å². The zero-order valence-corrected chi connectivity index (χ0v) is 12.6. The molecule has 1 aromatic rings. The number of nitrogens with one attached hydrogen (secondary N) is 1. The number of hydrogen-bond donors (Lipinski definition) is 2. The third-order valence-electron chi connectivity index (χ3n) is 3.77. The summed E-state index contributed by atoms with van der Waals surface area (Å²) < 4.78 is 5.54. The number of ether oxygens (including phenoxy) is 1. The molecule has 1 aromatic heterocycles. The zero-order valence-electron chi connectivity index (χ0n) is 12.6. The Morgan fingerprint density at radius 1 is 1.55 bits per heavy atom. The number of pyridine rings is 1. The topological polar surface area (TPSA) is 75.2 Å². The van der Waals surface area contributed by atoms with Gasteiger partial charge in [-0.15, -0.1) is 0 Å². The van der Waals surface area contributed by atoms with Crippen LogP contribution in [0.4, 0.5) is 5.69 Å². The van der Waals surface area contributed by atoms with Crippen LogP contribution in [-0.4, -0.2) is 37.6 Å². The maximum absolute atomic E-state index is 7.79. The normalized spacial score (nSPS) is 18.9. The molecule has 0 spiro atoms. The quantitative estimate of drug-likeness (QED) is 0.650. The van der Waals surface area contributed by atoms with Gasteiger partial charge in [-0.3, -0.25) is 10.4 Å². The van der Waals surface area contributed by atoms with Gasteiger partial charge in [-0.2, -0.15) is 0 Å². The highest BCUT2D eigenvalue weighted by atomic mass is 16.5. The Kier molecular flexibility index (Phi) is 4.60. The van der Waals surface area contributed by atoms with Crippen LogP contribution in [0.5, 0.6) is 0 Å². The van der Waals surface area contributed by atoms with Crippen molar-refractivity contribution in [1.29, 1.82) is 5.41 Å². The predicted molar refractivity (Wildman–Crippen MR) is 81.5 cm³/mol. The molecule has 2 rings (SSSR count). The third-order valence-corrected chi connectivity index (χ3v) is 3.77. The van der Waals surface area contributed by atoms with E-state index in [0.29, 0.717) is 5.92 Å². The van der Waals surface area contributed by atoms with Crippen LogP contribution in [0.3, 0.4) is 0 Å². The summed E-state index contributed by atoms with van der Waals surface area (Å²) in [6.45, 7) is 6.50. The van der Waals surface area contributed by atoms with Crippen molar-refractivity contribution in [2.45, 2.75) is 26.7 Å². The lowest BCUT2D eigenvalue weighted by Gasteiger charge is -2.30. The van der Waals surface area contributed by atoms with Crippen molar-refractivity contribution in [2.24, 2.45) is 11.7 Å². The third kappa shape index (κ3) is 3.28. The summed E-state index contributed by atoms with van der Waals surface area (Å²) in [7, 11) is 2.05. The highest BCUT2D eigenvalue weighted by molar-refractivity contribution is 6.01. The molecule has 1 aliphatic rings. The van der Waals surface area contributed by atoms with Crippen molar-refractivity contribution >= 4 is 11.5 Å². The minimum atomic E-state index is 0.0803. The average molecular weight is 276 g/mol. The van der Waals surface area contributed by atoms with E-state index in [1.165, 1.54) is 6.42 Å². The van der Waals surface area contributed by atoms with Gasteiger partial charge in [-0.05, 0) is 38.7 Å². The lowest BCUT2D eigenvalue weighted by Crippen LogP contribution is -2.32. The summed E-state index contributed by atoms with van der Waals surface area (Å²) in [6.07, 6.45) is 2.33. The second kappa shape index (κ2) is 6.22. The number of anilines is 1. The van der Waals surface area contributed by atoms with E-state index in [1.54, 1.807) is 0 Å². The summed E-state index contributed by atoms with van der Waals surface area (Å²) in [5.41, 5.74) is 9.24. The van der Waals surface area contributed by atoms with Crippen molar-refractivity contribution in [3.8, 4) is 0 Å². The Morgan fingerprint density at radius 3 is 2.90 bits per heavy atom. The van der Waals surface area contributed by atoms with Crippen LogP contribution in [0.15, 0.2) is 6.07 Å². The first kappa shape index (κ1) is 14.8. The van der Waals surface area contributed by atoms with E-state index in [-0.39, 0.29) is 5.84 Å². The summed E-state index contributed by atoms with van der Waals surface area (Å²) in [5.74, 6) is 0.624. The van der Waals surface area contributed by atoms with E-state index in [2.05, 4.69) is 16.9 Å². The number of nitrogen functional groups attached to an aromatic ring is 1. The van der Waals surface area contributed by atoms with Gasteiger partial charge in [0.25, 0.3) is 0 Å². The van der Waals surface area contributed by atoms with Crippen molar-refractivity contribution in [1.82, 2.24) is 4.98 Å². The molecule has 1 aliphatic heterocycles. The Hall–Kier alpha value is -1.62. The first-order valence-corrected chi connectivity index (χ1v) is 7.10. The fraction of sp³-hybridized carbons (Fsp3) is 0.600. The number of nitrogens with two attached hydrogens (primary N) is 1. The maximum Gasteiger partial charge on any atom is 0.126 e. The Labute approximate surface area is 120 Å². The number of amidine groups is 1. The van der Waals surface area contributed by atoms with Crippen LogP contribution in [-0.2, 0) is 4.74 Å². The number of aromatic nitrogens is 1. The van der Waals surface area contributed by atoms with Crippen LogP contribution >= 0.6 is 0 Å². The van der Waals surface area contributed by atoms with Gasteiger partial charge in [0.2, 0.25) is 0 Å². The standard InChI is InChI=1S/C15H24N4O/c1-10-7-13(14(15(16)17)11(2)18-10)19(3)8-12-5-4-6-20-9-12/h7,12H,4-6,8-9H2,1-3H3,(H3,16,17). The molecule has 0 bridgehead atoms. The van der Waals surface area contributed by atoms with Crippen LogP contribution in [0.2, 0.25) is 0 Å². The van der Waals surface area contributed by atoms with Gasteiger partial charge in [0, 0.05) is 25.9 Å². The molecular formula is C15H24N4O. The SMILES string of the molecule is Cc1cc(N(C)CC2CCCOC2)c(C(=N)N)c(C)n1. The molecule has 0 aliphatic carbocycles. The fourth-order valence-corrected chi connectivity index (χ4v) is 2.88. The van der Waals surface area contributed by atoms with Gasteiger partial charge in [0.15, 0.2) is 0 Å². The fourth-order valence-electron chi connectivity index (χ4n) is 2.88. The molecule has 5 nitrogen and oxygen atoms in total. The van der Waals surface area contributed by atoms with Crippen molar-refractivity contribution in [2.75, 3.05) is 31.7 Å². The Bertz CT molecular complexity index is 495. The highest BCUT2D eigenvalue weighted by Crippen LogP contribution is 2.25. The molecule has 1 atom stereocenters. The first-order chi connectivity index (χ1) is 9.49. The van der Waals surface area contributed by atoms with E-state index >= 15 is 0 Å². The Balaban J connectivity index is 2.23. The maximum atomic E-state index is 7.79. The number of hydrogen-bond acceptors (Lipinski definition) is 4. The largest absolute Gasteiger partial charge is 0.384 e. The smallest absolute Gasteiger partial charge is 0.126 e. The molecule has 0 radical (unpaired) electrons. The molecular weight excluding hydrogens is 252 g/mol. The van der Waals surface area contributed by atoms with Gasteiger partial charge < -0.3 is 15.4 Å². The van der Waals surface area contributed by atoms with Crippen LogP contribution in [0.1, 0.15) is 29.8 Å². The van der Waals surface area contributed by atoms with Crippen molar-refractivity contribution in [3.63, 3.8) is 0 Å². The van der Waals surface area contributed by atoms with Gasteiger partial charge in [-0.25, -0.2) is 0 Å². The summed E-state index contributed by atoms with van der Waals surface area (Å²) in [6, 6.07) is 2.01. The molecule has 0 saturated carbocycles. The molecule has 1 unspecified atom stereocenters. The minimum Gasteiger partial charge on any atom is -0.384 e. The van der Waals surface area contributed by atoms with Crippen molar-refractivity contribution in [3.05, 3.63) is 23.0 Å². The van der Waals surface area contributed by atoms with Gasteiger partial charge in [-0.1, -0.05) is 0 Å². The van der Waals surface area contributed by atoms with Gasteiger partial charge >= 0.3 is 0 Å². The van der Waals surface area contributed by atoms with Crippen LogP contribution in [0, 0.1) is 25.2 Å². The van der Waals surface area contributed by atoms with Gasteiger partial charge in [0.05, 0.1) is 23.6 Å².